The van der Waals surface area contributed by atoms with Crippen LogP contribution < -0.4 is 16.2 Å². The Hall–Kier alpha value is -5.16. The van der Waals surface area contributed by atoms with E-state index in [4.69, 9.17) is 0 Å². The zero-order valence-corrected chi connectivity index (χ0v) is 25.0. The Morgan fingerprint density at radius 2 is 1.80 bits per heavy atom. The summed E-state index contributed by atoms with van der Waals surface area (Å²) < 4.78 is 32.2. The summed E-state index contributed by atoms with van der Waals surface area (Å²) in [5, 5.41) is 6.14. The summed E-state index contributed by atoms with van der Waals surface area (Å²) in [4.78, 5) is 45.1. The Morgan fingerprint density at radius 1 is 1.02 bits per heavy atom. The fraction of sp³-hybridized carbons (Fsp3) is 0.212. The molecular weight excluding hydrogens is 566 g/mol. The summed E-state index contributed by atoms with van der Waals surface area (Å²) in [7, 11) is 4.90. The minimum Gasteiger partial charge on any atom is -0.345 e. The summed E-state index contributed by atoms with van der Waals surface area (Å²) in [5.41, 5.74) is 2.73. The van der Waals surface area contributed by atoms with Crippen molar-refractivity contribution in [2.75, 3.05) is 26.5 Å². The molecule has 5 rings (SSSR count). The molecule has 2 N–H and O–H groups in total. The minimum absolute atomic E-state index is 0.0490. The normalized spacial score (nSPS) is 11.9. The first-order valence-electron chi connectivity index (χ1n) is 13.9. The van der Waals surface area contributed by atoms with E-state index < -0.39 is 23.3 Å². The number of aromatic nitrogens is 3. The molecule has 0 saturated heterocycles. The number of nitrogens with one attached hydrogen (secondary N) is 2. The molecule has 0 spiro atoms. The lowest BCUT2D eigenvalue weighted by molar-refractivity contribution is -0.117. The maximum absolute atomic E-state index is 15.1. The third-order valence-electron chi connectivity index (χ3n) is 7.43. The number of aryl methyl sites for hydroxylation is 1. The Morgan fingerprint density at radius 3 is 2.52 bits per heavy atom. The highest BCUT2D eigenvalue weighted by Crippen LogP contribution is 2.27. The second-order valence-electron chi connectivity index (χ2n) is 10.8. The Bertz CT molecular complexity index is 1960. The van der Waals surface area contributed by atoms with Crippen LogP contribution in [-0.2, 0) is 11.3 Å². The van der Waals surface area contributed by atoms with Gasteiger partial charge in [0.1, 0.15) is 23.1 Å². The van der Waals surface area contributed by atoms with Crippen LogP contribution in [0.5, 0.6) is 0 Å². The highest BCUT2D eigenvalue weighted by Gasteiger charge is 2.19. The van der Waals surface area contributed by atoms with Crippen LogP contribution in [0.1, 0.15) is 28.4 Å². The minimum atomic E-state index is -0.574. The first kappa shape index (κ1) is 30.3. The number of nitrogens with zero attached hydrogens (tertiary/aromatic N) is 4. The summed E-state index contributed by atoms with van der Waals surface area (Å²) in [6.45, 7) is 3.40. The van der Waals surface area contributed by atoms with Gasteiger partial charge in [0.15, 0.2) is 0 Å². The van der Waals surface area contributed by atoms with Gasteiger partial charge in [0.05, 0.1) is 24.3 Å². The molecular formula is C33H32F2N6O3. The fourth-order valence-electron chi connectivity index (χ4n) is 5.00. The Labute approximate surface area is 252 Å². The van der Waals surface area contributed by atoms with Crippen molar-refractivity contribution >= 4 is 28.4 Å². The predicted octanol–water partition coefficient (Wildman–Crippen LogP) is 4.74. The smallest absolute Gasteiger partial charge is 0.277 e. The lowest BCUT2D eigenvalue weighted by atomic mass is 10.1. The van der Waals surface area contributed by atoms with Crippen LogP contribution in [0.4, 0.5) is 14.5 Å². The number of likely N-dealkylation sites (N-methyl/N-ethyl adjacent to an activating group) is 1. The molecule has 0 aliphatic carbocycles. The first-order valence-corrected chi connectivity index (χ1v) is 13.9. The van der Waals surface area contributed by atoms with Crippen molar-refractivity contribution in [1.82, 2.24) is 24.3 Å². The van der Waals surface area contributed by atoms with Gasteiger partial charge in [0, 0.05) is 42.5 Å². The van der Waals surface area contributed by atoms with Crippen LogP contribution in [0.3, 0.4) is 0 Å². The van der Waals surface area contributed by atoms with Gasteiger partial charge in [-0.3, -0.25) is 19.0 Å². The van der Waals surface area contributed by atoms with Gasteiger partial charge >= 0.3 is 0 Å². The van der Waals surface area contributed by atoms with Gasteiger partial charge in [0.2, 0.25) is 5.91 Å². The number of fused-ring (bicyclic) bond motifs is 1. The van der Waals surface area contributed by atoms with Gasteiger partial charge in [0.25, 0.3) is 11.5 Å². The molecule has 0 unspecified atom stereocenters. The molecule has 9 nitrogen and oxygen atoms in total. The van der Waals surface area contributed by atoms with E-state index in [0.717, 1.165) is 5.56 Å². The van der Waals surface area contributed by atoms with E-state index >= 15 is 4.39 Å². The van der Waals surface area contributed by atoms with E-state index in [9.17, 15) is 18.8 Å². The summed E-state index contributed by atoms with van der Waals surface area (Å²) >= 11 is 0. The number of hydrogen-bond acceptors (Lipinski definition) is 5. The predicted molar refractivity (Wildman–Crippen MR) is 166 cm³/mol. The third kappa shape index (κ3) is 6.00. The van der Waals surface area contributed by atoms with Gasteiger partial charge in [-0.1, -0.05) is 12.1 Å². The third-order valence-corrected chi connectivity index (χ3v) is 7.43. The number of carbonyl (C=O) groups is 2. The number of carbonyl (C=O) groups excluding carboxylic acids is 2. The van der Waals surface area contributed by atoms with E-state index in [1.165, 1.54) is 39.9 Å². The zero-order chi connectivity index (χ0) is 31.7. The molecule has 0 aliphatic heterocycles. The van der Waals surface area contributed by atoms with Crippen molar-refractivity contribution < 1.29 is 18.4 Å². The van der Waals surface area contributed by atoms with Crippen molar-refractivity contribution in [3.63, 3.8) is 0 Å². The van der Waals surface area contributed by atoms with Crippen LogP contribution in [-0.4, -0.2) is 58.0 Å². The van der Waals surface area contributed by atoms with Crippen LogP contribution in [0.2, 0.25) is 0 Å². The highest BCUT2D eigenvalue weighted by atomic mass is 19.1. The molecule has 1 atom stereocenters. The second kappa shape index (κ2) is 12.2. The molecule has 3 aromatic carbocycles. The van der Waals surface area contributed by atoms with Crippen LogP contribution >= 0.6 is 0 Å². The van der Waals surface area contributed by atoms with Crippen LogP contribution in [0, 0.1) is 18.6 Å². The van der Waals surface area contributed by atoms with Crippen LogP contribution in [0.15, 0.2) is 77.9 Å². The maximum Gasteiger partial charge on any atom is 0.277 e. The van der Waals surface area contributed by atoms with E-state index in [1.807, 2.05) is 6.92 Å². The monoisotopic (exact) mass is 598 g/mol. The summed E-state index contributed by atoms with van der Waals surface area (Å²) in [6, 6.07) is 15.0. The molecule has 5 aromatic rings. The second-order valence-corrected chi connectivity index (χ2v) is 10.8. The highest BCUT2D eigenvalue weighted by molar-refractivity contribution is 5.95. The molecule has 2 aromatic heterocycles. The molecule has 0 radical (unpaired) electrons. The van der Waals surface area contributed by atoms with E-state index in [-0.39, 0.29) is 29.8 Å². The molecule has 44 heavy (non-hydrogen) atoms. The number of anilines is 1. The average Bonchev–Trinajstić information content (AvgIpc) is 3.33. The number of amides is 2. The molecule has 0 aliphatic rings. The molecule has 2 amide bonds. The molecule has 2 heterocycles. The summed E-state index contributed by atoms with van der Waals surface area (Å²) in [6.07, 6.45) is 3.08. The fourth-order valence-corrected chi connectivity index (χ4v) is 5.00. The molecule has 0 fully saturated rings. The maximum atomic E-state index is 15.1. The van der Waals surface area contributed by atoms with E-state index in [0.29, 0.717) is 33.3 Å². The lowest BCUT2D eigenvalue weighted by Crippen LogP contribution is -2.38. The van der Waals surface area contributed by atoms with Gasteiger partial charge in [-0.05, 0) is 80.6 Å². The number of rotatable bonds is 8. The Kier molecular flexibility index (Phi) is 8.41. The topological polar surface area (TPSA) is 101 Å². The number of benzene rings is 3. The first-order chi connectivity index (χ1) is 21.0. The van der Waals surface area contributed by atoms with E-state index in [1.54, 1.807) is 75.2 Å². The van der Waals surface area contributed by atoms with E-state index in [2.05, 4.69) is 15.6 Å². The largest absolute Gasteiger partial charge is 0.345 e. The quantitative estimate of drug-likeness (QED) is 0.269. The van der Waals surface area contributed by atoms with Crippen molar-refractivity contribution in [1.29, 1.82) is 0 Å². The molecule has 0 saturated carbocycles. The standard InChI is InChI=1S/C33H32F2N6O3/c1-19-17-40(29-10-9-24(34)15-27(19)29)26-12-21(11-25(35)14-26)18-41-30(22-7-6-8-23(13-22)32(43)39(4)5)37-16-28(33(41)44)38-31(42)20(2)36-3/h6-17,20,36H,18H2,1-5H3,(H,38,42)/t20-/m0/s1. The Balaban J connectivity index is 1.64. The summed E-state index contributed by atoms with van der Waals surface area (Å²) in [5.74, 6) is -1.33. The van der Waals surface area contributed by atoms with Gasteiger partial charge < -0.3 is 20.1 Å². The van der Waals surface area contributed by atoms with Gasteiger partial charge in [-0.2, -0.15) is 0 Å². The number of hydrogen-bond donors (Lipinski definition) is 2. The molecule has 226 valence electrons. The SMILES string of the molecule is CN[C@@H](C)C(=O)Nc1cnc(-c2cccc(C(=O)N(C)C)c2)n(Cc2cc(F)cc(-n3cc(C)c4cc(F)ccc43)c2)c1=O. The van der Waals surface area contributed by atoms with Crippen molar-refractivity contribution in [3.05, 3.63) is 112 Å². The molecule has 0 bridgehead atoms. The van der Waals surface area contributed by atoms with Crippen molar-refractivity contribution in [2.24, 2.45) is 0 Å². The van der Waals surface area contributed by atoms with Gasteiger partial charge in [-0.15, -0.1) is 0 Å². The number of halogens is 2. The van der Waals surface area contributed by atoms with Gasteiger partial charge in [-0.25, -0.2) is 13.8 Å². The zero-order valence-electron chi connectivity index (χ0n) is 25.0. The van der Waals surface area contributed by atoms with Crippen molar-refractivity contribution in [2.45, 2.75) is 26.4 Å². The van der Waals surface area contributed by atoms with Crippen molar-refractivity contribution in [3.8, 4) is 17.1 Å². The average molecular weight is 599 g/mol. The van der Waals surface area contributed by atoms with Crippen LogP contribution in [0.25, 0.3) is 28.0 Å². The lowest BCUT2D eigenvalue weighted by Gasteiger charge is -2.17. The molecule has 11 heteroatoms.